The van der Waals surface area contributed by atoms with Gasteiger partial charge >= 0.3 is 6.03 Å². The van der Waals surface area contributed by atoms with Crippen LogP contribution in [0.3, 0.4) is 0 Å². The third kappa shape index (κ3) is 4.78. The summed E-state index contributed by atoms with van der Waals surface area (Å²) in [6, 6.07) is 14.7. The van der Waals surface area contributed by atoms with Gasteiger partial charge in [-0.1, -0.05) is 17.7 Å². The smallest absolute Gasteiger partial charge is 0.321 e. The van der Waals surface area contributed by atoms with E-state index in [0.717, 1.165) is 23.4 Å². The minimum atomic E-state index is -0.148. The van der Waals surface area contributed by atoms with Crippen molar-refractivity contribution in [3.8, 4) is 5.75 Å². The van der Waals surface area contributed by atoms with E-state index in [1.165, 1.54) is 0 Å². The Kier molecular flexibility index (Phi) is 5.96. The van der Waals surface area contributed by atoms with Crippen LogP contribution in [0.15, 0.2) is 48.5 Å². The second-order valence-corrected chi connectivity index (χ2v) is 6.66. The second kappa shape index (κ2) is 8.58. The van der Waals surface area contributed by atoms with Crippen molar-refractivity contribution in [2.24, 2.45) is 0 Å². The van der Waals surface area contributed by atoms with E-state index >= 15 is 0 Å². The number of ether oxygens (including phenoxy) is 1. The highest BCUT2D eigenvalue weighted by atomic mass is 16.5. The third-order valence-corrected chi connectivity index (χ3v) is 4.68. The number of anilines is 1. The maximum Gasteiger partial charge on any atom is 0.321 e. The minimum absolute atomic E-state index is 0.0242. The molecule has 0 aromatic heterocycles. The monoisotopic (exact) mass is 367 g/mol. The Morgan fingerprint density at radius 2 is 1.67 bits per heavy atom. The van der Waals surface area contributed by atoms with Gasteiger partial charge in [-0.05, 0) is 49.7 Å². The van der Waals surface area contributed by atoms with Gasteiger partial charge < -0.3 is 19.9 Å². The lowest BCUT2D eigenvalue weighted by atomic mass is 10.1. The number of urea groups is 1. The van der Waals surface area contributed by atoms with E-state index in [2.05, 4.69) is 5.32 Å². The highest BCUT2D eigenvalue weighted by molar-refractivity contribution is 5.94. The number of hydrogen-bond donors (Lipinski definition) is 1. The van der Waals surface area contributed by atoms with Crippen LogP contribution < -0.4 is 10.1 Å². The molecule has 0 radical (unpaired) electrons. The van der Waals surface area contributed by atoms with E-state index in [4.69, 9.17) is 4.74 Å². The Hall–Kier alpha value is -3.02. The quantitative estimate of drug-likeness (QED) is 0.905. The van der Waals surface area contributed by atoms with Crippen LogP contribution in [0, 0.1) is 6.92 Å². The van der Waals surface area contributed by atoms with Crippen molar-refractivity contribution >= 4 is 17.6 Å². The number of nitrogens with zero attached hydrogens (tertiary/aromatic N) is 2. The van der Waals surface area contributed by atoms with Gasteiger partial charge in [0.25, 0.3) is 5.91 Å². The number of nitrogens with one attached hydrogen (secondary N) is 1. The highest BCUT2D eigenvalue weighted by Crippen LogP contribution is 2.16. The van der Waals surface area contributed by atoms with Crippen LogP contribution >= 0.6 is 0 Å². The molecule has 3 amide bonds. The SMILES string of the molecule is COc1ccc(NC(=O)N2CCCN(C(=O)c3cccc(C)c3)CC2)cc1. The van der Waals surface area contributed by atoms with Crippen molar-refractivity contribution in [3.63, 3.8) is 0 Å². The molecule has 2 aromatic carbocycles. The summed E-state index contributed by atoms with van der Waals surface area (Å²) in [6.45, 7) is 4.30. The summed E-state index contributed by atoms with van der Waals surface area (Å²) in [6.07, 6.45) is 0.758. The molecule has 1 fully saturated rings. The van der Waals surface area contributed by atoms with E-state index in [-0.39, 0.29) is 11.9 Å². The van der Waals surface area contributed by atoms with Crippen LogP contribution in [0.25, 0.3) is 0 Å². The molecular formula is C21H25N3O3. The van der Waals surface area contributed by atoms with E-state index in [1.54, 1.807) is 24.1 Å². The highest BCUT2D eigenvalue weighted by Gasteiger charge is 2.23. The summed E-state index contributed by atoms with van der Waals surface area (Å²) in [5.41, 5.74) is 2.49. The van der Waals surface area contributed by atoms with Crippen molar-refractivity contribution in [1.29, 1.82) is 0 Å². The molecule has 0 unspecified atom stereocenters. The molecule has 0 spiro atoms. The molecule has 0 saturated carbocycles. The van der Waals surface area contributed by atoms with Gasteiger partial charge in [-0.25, -0.2) is 4.79 Å². The maximum absolute atomic E-state index is 12.7. The largest absolute Gasteiger partial charge is 0.497 e. The van der Waals surface area contributed by atoms with E-state index in [0.29, 0.717) is 31.7 Å². The molecule has 6 nitrogen and oxygen atoms in total. The number of aryl methyl sites for hydroxylation is 1. The van der Waals surface area contributed by atoms with Gasteiger partial charge in [0, 0.05) is 37.4 Å². The van der Waals surface area contributed by atoms with Gasteiger partial charge in [0.15, 0.2) is 0 Å². The first-order chi connectivity index (χ1) is 13.1. The zero-order valence-electron chi connectivity index (χ0n) is 15.8. The molecule has 1 heterocycles. The molecule has 1 aliphatic rings. The van der Waals surface area contributed by atoms with Gasteiger partial charge in [0.1, 0.15) is 5.75 Å². The first-order valence-electron chi connectivity index (χ1n) is 9.13. The third-order valence-electron chi connectivity index (χ3n) is 4.68. The van der Waals surface area contributed by atoms with Gasteiger partial charge in [0.05, 0.1) is 7.11 Å². The minimum Gasteiger partial charge on any atom is -0.497 e. The van der Waals surface area contributed by atoms with Crippen molar-refractivity contribution < 1.29 is 14.3 Å². The van der Waals surface area contributed by atoms with Crippen LogP contribution in [0.2, 0.25) is 0 Å². The maximum atomic E-state index is 12.7. The van der Waals surface area contributed by atoms with E-state index in [9.17, 15) is 9.59 Å². The fraction of sp³-hybridized carbons (Fsp3) is 0.333. The molecule has 27 heavy (non-hydrogen) atoms. The topological polar surface area (TPSA) is 61.9 Å². The first kappa shape index (κ1) is 18.8. The Balaban J connectivity index is 1.58. The number of hydrogen-bond acceptors (Lipinski definition) is 3. The number of carbonyl (C=O) groups excluding carboxylic acids is 2. The molecular weight excluding hydrogens is 342 g/mol. The van der Waals surface area contributed by atoms with Crippen LogP contribution in [0.5, 0.6) is 5.75 Å². The molecule has 142 valence electrons. The Morgan fingerprint density at radius 1 is 0.963 bits per heavy atom. The molecule has 3 rings (SSSR count). The molecule has 0 atom stereocenters. The Morgan fingerprint density at radius 3 is 2.37 bits per heavy atom. The standard InChI is InChI=1S/C21H25N3O3/c1-16-5-3-6-17(15-16)20(25)23-11-4-12-24(14-13-23)21(26)22-18-7-9-19(27-2)10-8-18/h3,5-10,15H,4,11-14H2,1-2H3,(H,22,26). The summed E-state index contributed by atoms with van der Waals surface area (Å²) in [5.74, 6) is 0.768. The van der Waals surface area contributed by atoms with Crippen molar-refractivity contribution in [2.45, 2.75) is 13.3 Å². The predicted molar refractivity (Wildman–Crippen MR) is 105 cm³/mol. The van der Waals surface area contributed by atoms with Crippen molar-refractivity contribution in [2.75, 3.05) is 38.6 Å². The summed E-state index contributed by atoms with van der Waals surface area (Å²) in [5, 5.41) is 2.90. The fourth-order valence-electron chi connectivity index (χ4n) is 3.16. The summed E-state index contributed by atoms with van der Waals surface area (Å²) in [7, 11) is 1.61. The summed E-state index contributed by atoms with van der Waals surface area (Å²) >= 11 is 0. The second-order valence-electron chi connectivity index (χ2n) is 6.66. The van der Waals surface area contributed by atoms with Crippen molar-refractivity contribution in [1.82, 2.24) is 9.80 Å². The normalized spacial score (nSPS) is 14.4. The fourth-order valence-corrected chi connectivity index (χ4v) is 3.16. The predicted octanol–water partition coefficient (Wildman–Crippen LogP) is 3.38. The van der Waals surface area contributed by atoms with Gasteiger partial charge in [-0.3, -0.25) is 4.79 Å². The molecule has 1 aliphatic heterocycles. The average Bonchev–Trinajstić information content (AvgIpc) is 2.94. The lowest BCUT2D eigenvalue weighted by Crippen LogP contribution is -2.39. The molecule has 1 N–H and O–H groups in total. The first-order valence-corrected chi connectivity index (χ1v) is 9.13. The van der Waals surface area contributed by atoms with Gasteiger partial charge in [-0.2, -0.15) is 0 Å². The number of benzene rings is 2. The Bertz CT molecular complexity index is 805. The summed E-state index contributed by atoms with van der Waals surface area (Å²) < 4.78 is 5.12. The number of carbonyl (C=O) groups is 2. The number of rotatable bonds is 3. The van der Waals surface area contributed by atoms with E-state index in [1.807, 2.05) is 48.2 Å². The van der Waals surface area contributed by atoms with E-state index < -0.39 is 0 Å². The Labute approximate surface area is 159 Å². The van der Waals surface area contributed by atoms with Crippen LogP contribution in [-0.2, 0) is 0 Å². The van der Waals surface area contributed by atoms with Gasteiger partial charge in [-0.15, -0.1) is 0 Å². The molecule has 0 aliphatic carbocycles. The molecule has 0 bridgehead atoms. The average molecular weight is 367 g/mol. The summed E-state index contributed by atoms with van der Waals surface area (Å²) in [4.78, 5) is 28.9. The van der Waals surface area contributed by atoms with Crippen LogP contribution in [0.1, 0.15) is 22.3 Å². The molecule has 2 aromatic rings. The number of amides is 3. The zero-order chi connectivity index (χ0) is 19.2. The molecule has 1 saturated heterocycles. The lowest BCUT2D eigenvalue weighted by molar-refractivity contribution is 0.0762. The van der Waals surface area contributed by atoms with Gasteiger partial charge in [0.2, 0.25) is 0 Å². The number of methoxy groups -OCH3 is 1. The van der Waals surface area contributed by atoms with Crippen molar-refractivity contribution in [3.05, 3.63) is 59.7 Å². The van der Waals surface area contributed by atoms with Crippen LogP contribution in [0.4, 0.5) is 10.5 Å². The molecule has 6 heteroatoms. The van der Waals surface area contributed by atoms with Crippen LogP contribution in [-0.4, -0.2) is 55.0 Å². The zero-order valence-corrected chi connectivity index (χ0v) is 15.8. The lowest BCUT2D eigenvalue weighted by Gasteiger charge is -2.22.